The van der Waals surface area contributed by atoms with Crippen molar-refractivity contribution in [1.29, 1.82) is 0 Å². The van der Waals surface area contributed by atoms with Gasteiger partial charge in [-0.15, -0.1) is 0 Å². The lowest BCUT2D eigenvalue weighted by Crippen LogP contribution is -2.37. The molecular formula is C37H42FN5O5. The number of anilines is 3. The smallest absolute Gasteiger partial charge is 0.421 e. The van der Waals surface area contributed by atoms with Gasteiger partial charge in [-0.25, -0.2) is 14.2 Å². The van der Waals surface area contributed by atoms with Crippen molar-refractivity contribution in [2.75, 3.05) is 49.7 Å². The maximum absolute atomic E-state index is 15.1. The molecule has 1 fully saturated rings. The molecule has 0 saturated carbocycles. The Morgan fingerprint density at radius 3 is 2.60 bits per heavy atom. The molecule has 0 aliphatic carbocycles. The van der Waals surface area contributed by atoms with Crippen LogP contribution in [0.25, 0.3) is 0 Å². The van der Waals surface area contributed by atoms with Gasteiger partial charge in [0, 0.05) is 30.4 Å². The molecule has 4 aromatic rings. The van der Waals surface area contributed by atoms with Crippen LogP contribution in [0.15, 0.2) is 60.8 Å². The van der Waals surface area contributed by atoms with E-state index in [1.165, 1.54) is 17.2 Å². The van der Waals surface area contributed by atoms with Crippen LogP contribution >= 0.6 is 0 Å². The normalized spacial score (nSPS) is 15.9. The van der Waals surface area contributed by atoms with Crippen molar-refractivity contribution < 1.29 is 28.1 Å². The molecule has 11 heteroatoms. The number of piperidine rings is 1. The SMILES string of the molecule is CCN1CCCC(COc2ccc(Nc3nccc(N(Cc4ccc5c(c4)OCCO5)C(=O)Oc4c(C)cc(C)cc4C)n3)cc2F)C1. The summed E-state index contributed by atoms with van der Waals surface area (Å²) in [4.78, 5) is 26.6. The van der Waals surface area contributed by atoms with Crippen molar-refractivity contribution in [3.8, 4) is 23.0 Å². The summed E-state index contributed by atoms with van der Waals surface area (Å²) in [5.74, 6) is 2.34. The zero-order valence-electron chi connectivity index (χ0n) is 27.9. The molecule has 1 amide bonds. The molecule has 2 aliphatic rings. The molecule has 1 atom stereocenters. The van der Waals surface area contributed by atoms with E-state index in [1.54, 1.807) is 18.2 Å². The number of aromatic nitrogens is 2. The van der Waals surface area contributed by atoms with E-state index in [1.807, 2.05) is 51.1 Å². The second kappa shape index (κ2) is 14.9. The van der Waals surface area contributed by atoms with Gasteiger partial charge in [-0.3, -0.25) is 4.90 Å². The van der Waals surface area contributed by atoms with E-state index in [0.29, 0.717) is 54.5 Å². The topological polar surface area (TPSA) is 98.3 Å². The molecule has 0 spiro atoms. The number of fused-ring (bicyclic) bond motifs is 1. The van der Waals surface area contributed by atoms with Crippen LogP contribution in [0, 0.1) is 32.5 Å². The Balaban J connectivity index is 1.21. The van der Waals surface area contributed by atoms with Crippen molar-refractivity contribution >= 4 is 23.5 Å². The Hall–Kier alpha value is -4.90. The van der Waals surface area contributed by atoms with E-state index in [0.717, 1.165) is 54.7 Å². The third-order valence-corrected chi connectivity index (χ3v) is 8.59. The van der Waals surface area contributed by atoms with Gasteiger partial charge in [-0.05, 0) is 93.7 Å². The molecule has 0 radical (unpaired) electrons. The summed E-state index contributed by atoms with van der Waals surface area (Å²) in [5, 5.41) is 3.06. The average Bonchev–Trinajstić information content (AvgIpc) is 3.08. The number of benzene rings is 3. The highest BCUT2D eigenvalue weighted by molar-refractivity contribution is 5.88. The van der Waals surface area contributed by atoms with Gasteiger partial charge in [0.2, 0.25) is 5.95 Å². The molecule has 48 heavy (non-hydrogen) atoms. The zero-order chi connectivity index (χ0) is 33.6. The fourth-order valence-corrected chi connectivity index (χ4v) is 6.24. The second-order valence-corrected chi connectivity index (χ2v) is 12.4. The minimum Gasteiger partial charge on any atom is -0.490 e. The largest absolute Gasteiger partial charge is 0.490 e. The summed E-state index contributed by atoms with van der Waals surface area (Å²) >= 11 is 0. The summed E-state index contributed by atoms with van der Waals surface area (Å²) in [6.07, 6.45) is 3.13. The van der Waals surface area contributed by atoms with Crippen LogP contribution in [0.4, 0.5) is 26.6 Å². The van der Waals surface area contributed by atoms with Crippen molar-refractivity contribution in [2.24, 2.45) is 5.92 Å². The molecule has 252 valence electrons. The summed E-state index contributed by atoms with van der Waals surface area (Å²) in [6.45, 7) is 12.6. The molecule has 3 heterocycles. The zero-order valence-corrected chi connectivity index (χ0v) is 27.9. The number of hydrogen-bond donors (Lipinski definition) is 1. The number of nitrogens with one attached hydrogen (secondary N) is 1. The van der Waals surface area contributed by atoms with E-state index in [-0.39, 0.29) is 18.2 Å². The van der Waals surface area contributed by atoms with Gasteiger partial charge < -0.3 is 29.2 Å². The van der Waals surface area contributed by atoms with Crippen molar-refractivity contribution in [3.63, 3.8) is 0 Å². The average molecular weight is 656 g/mol. The number of ether oxygens (including phenoxy) is 4. The fourth-order valence-electron chi connectivity index (χ4n) is 6.24. The number of likely N-dealkylation sites (tertiary alicyclic amines) is 1. The molecule has 10 nitrogen and oxygen atoms in total. The lowest BCUT2D eigenvalue weighted by atomic mass is 9.99. The maximum atomic E-state index is 15.1. The molecule has 0 bridgehead atoms. The first kappa shape index (κ1) is 33.0. The molecule has 1 N–H and O–H groups in total. The third kappa shape index (κ3) is 7.96. The molecular weight excluding hydrogens is 613 g/mol. The number of halogens is 1. The first-order chi connectivity index (χ1) is 23.2. The number of nitrogens with zero attached hydrogens (tertiary/aromatic N) is 4. The van der Waals surface area contributed by atoms with E-state index >= 15 is 4.39 Å². The molecule has 1 unspecified atom stereocenters. The lowest BCUT2D eigenvalue weighted by Gasteiger charge is -2.31. The Bertz CT molecular complexity index is 1750. The van der Waals surface area contributed by atoms with Crippen LogP contribution in [-0.4, -0.2) is 60.4 Å². The van der Waals surface area contributed by atoms with E-state index in [2.05, 4.69) is 27.1 Å². The number of hydrogen-bond acceptors (Lipinski definition) is 9. The number of rotatable bonds is 10. The van der Waals surface area contributed by atoms with Gasteiger partial charge in [-0.2, -0.15) is 4.98 Å². The minimum atomic E-state index is -0.614. The summed E-state index contributed by atoms with van der Waals surface area (Å²) in [7, 11) is 0. The fraction of sp³-hybridized carbons (Fsp3) is 0.378. The highest BCUT2D eigenvalue weighted by Crippen LogP contribution is 2.33. The highest BCUT2D eigenvalue weighted by Gasteiger charge is 2.24. The summed E-state index contributed by atoms with van der Waals surface area (Å²) < 4.78 is 38.4. The monoisotopic (exact) mass is 655 g/mol. The predicted octanol–water partition coefficient (Wildman–Crippen LogP) is 7.37. The summed E-state index contributed by atoms with van der Waals surface area (Å²) in [5.41, 5.74) is 4.00. The van der Waals surface area contributed by atoms with Crippen molar-refractivity contribution in [1.82, 2.24) is 14.9 Å². The molecule has 1 aromatic heterocycles. The lowest BCUT2D eigenvalue weighted by molar-refractivity contribution is 0.132. The van der Waals surface area contributed by atoms with Crippen LogP contribution in [-0.2, 0) is 6.54 Å². The quantitative estimate of drug-likeness (QED) is 0.188. The van der Waals surface area contributed by atoms with Crippen molar-refractivity contribution in [3.05, 3.63) is 88.9 Å². The predicted molar refractivity (Wildman–Crippen MR) is 182 cm³/mol. The highest BCUT2D eigenvalue weighted by atomic mass is 19.1. The van der Waals surface area contributed by atoms with Gasteiger partial charge in [0.05, 0.1) is 13.2 Å². The van der Waals surface area contributed by atoms with Crippen LogP contribution in [0.1, 0.15) is 42.0 Å². The number of amides is 1. The standard InChI is InChI=1S/C37H42FN5O5/c1-5-42-14-6-7-28(21-42)23-47-31-11-9-29(20-30(31)38)40-36-39-13-12-34(41-36)43(22-27-8-10-32-33(19-27)46-16-15-45-32)37(44)48-35-25(3)17-24(2)18-26(35)4/h8-13,17-20,28H,5-7,14-16,21-23H2,1-4H3,(H,39,40,41). The molecule has 6 rings (SSSR count). The van der Waals surface area contributed by atoms with Crippen molar-refractivity contribution in [2.45, 2.75) is 47.1 Å². The van der Waals surface area contributed by atoms with E-state index in [9.17, 15) is 4.79 Å². The minimum absolute atomic E-state index is 0.132. The van der Waals surface area contributed by atoms with E-state index < -0.39 is 11.9 Å². The van der Waals surface area contributed by atoms with Gasteiger partial charge in [-0.1, -0.05) is 30.7 Å². The number of carbonyl (C=O) groups is 1. The first-order valence-electron chi connectivity index (χ1n) is 16.5. The van der Waals surface area contributed by atoms with Crippen LogP contribution in [0.3, 0.4) is 0 Å². The Labute approximate surface area is 280 Å². The second-order valence-electron chi connectivity index (χ2n) is 12.4. The number of aryl methyl sites for hydroxylation is 3. The summed E-state index contributed by atoms with van der Waals surface area (Å²) in [6, 6.07) is 15.8. The third-order valence-electron chi connectivity index (χ3n) is 8.59. The first-order valence-corrected chi connectivity index (χ1v) is 16.5. The van der Waals surface area contributed by atoms with Gasteiger partial charge in [0.15, 0.2) is 23.1 Å². The number of carbonyl (C=O) groups excluding carboxylic acids is 1. The molecule has 3 aromatic carbocycles. The Kier molecular flexibility index (Phi) is 10.2. The molecule has 2 aliphatic heterocycles. The van der Waals surface area contributed by atoms with Crippen LogP contribution in [0.5, 0.6) is 23.0 Å². The van der Waals surface area contributed by atoms with Gasteiger partial charge >= 0.3 is 6.09 Å². The van der Waals surface area contributed by atoms with Gasteiger partial charge in [0.1, 0.15) is 24.8 Å². The molecule has 1 saturated heterocycles. The van der Waals surface area contributed by atoms with Crippen LogP contribution < -0.4 is 29.2 Å². The Morgan fingerprint density at radius 2 is 1.83 bits per heavy atom. The Morgan fingerprint density at radius 1 is 1.04 bits per heavy atom. The maximum Gasteiger partial charge on any atom is 0.421 e. The van der Waals surface area contributed by atoms with Gasteiger partial charge in [0.25, 0.3) is 0 Å². The van der Waals surface area contributed by atoms with E-state index in [4.69, 9.17) is 18.9 Å². The van der Waals surface area contributed by atoms with Crippen LogP contribution in [0.2, 0.25) is 0 Å².